The fourth-order valence-electron chi connectivity index (χ4n) is 1.67. The maximum Gasteiger partial charge on any atom is 0.313 e. The number of hydrogen-bond acceptors (Lipinski definition) is 4. The first kappa shape index (κ1) is 11.9. The molecule has 0 spiro atoms. The average Bonchev–Trinajstić information content (AvgIpc) is 2.09. The summed E-state index contributed by atoms with van der Waals surface area (Å²) < 4.78 is 18.5. The highest BCUT2D eigenvalue weighted by molar-refractivity contribution is 8.25. The molecule has 1 heterocycles. The number of rotatable bonds is 4. The van der Waals surface area contributed by atoms with Crippen LogP contribution in [0.5, 0.6) is 0 Å². The first-order chi connectivity index (χ1) is 6.87. The third-order valence-electron chi connectivity index (χ3n) is 2.35. The molecule has 7 nitrogen and oxygen atoms in total. The van der Waals surface area contributed by atoms with Gasteiger partial charge in [-0.25, -0.2) is 0 Å². The van der Waals surface area contributed by atoms with Crippen LogP contribution >= 0.6 is 10.6 Å². The molecular formula is C7H11N3O4S. The van der Waals surface area contributed by atoms with E-state index >= 15 is 0 Å². The molecule has 0 bridgehead atoms. The minimum absolute atomic E-state index is 0.112. The van der Waals surface area contributed by atoms with Gasteiger partial charge in [-0.2, -0.15) is 10.6 Å². The third kappa shape index (κ3) is 2.07. The van der Waals surface area contributed by atoms with E-state index in [0.29, 0.717) is 0 Å². The average molecular weight is 233 g/mol. The van der Waals surface area contributed by atoms with Gasteiger partial charge in [0.1, 0.15) is 6.04 Å². The van der Waals surface area contributed by atoms with Gasteiger partial charge in [0.2, 0.25) is 0 Å². The van der Waals surface area contributed by atoms with E-state index in [1.807, 2.05) is 0 Å². The zero-order valence-corrected chi connectivity index (χ0v) is 8.59. The first-order valence-corrected chi connectivity index (χ1v) is 5.89. The van der Waals surface area contributed by atoms with Crippen LogP contribution in [0.15, 0.2) is 17.8 Å². The Labute approximate surface area is 87.4 Å². The van der Waals surface area contributed by atoms with Crippen molar-refractivity contribution in [2.24, 2.45) is 10.5 Å². The minimum atomic E-state index is -2.72. The van der Waals surface area contributed by atoms with Crippen LogP contribution in [0.4, 0.5) is 0 Å². The Kier molecular flexibility index (Phi) is 2.96. The van der Waals surface area contributed by atoms with Crippen molar-refractivity contribution in [3.8, 4) is 0 Å². The largest absolute Gasteiger partial charge is 0.481 e. The Morgan fingerprint density at radius 3 is 2.47 bits per heavy atom. The molecule has 0 radical (unpaired) electrons. The molecule has 0 saturated carbocycles. The molecule has 3 N–H and O–H groups in total. The predicted molar refractivity (Wildman–Crippen MR) is 55.8 cm³/mol. The molecule has 1 saturated heterocycles. The lowest BCUT2D eigenvalue weighted by Gasteiger charge is -2.55. The van der Waals surface area contributed by atoms with Crippen molar-refractivity contribution >= 4 is 16.6 Å². The van der Waals surface area contributed by atoms with Gasteiger partial charge in [-0.3, -0.25) is 13.9 Å². The highest BCUT2D eigenvalue weighted by Gasteiger charge is 2.53. The quantitative estimate of drug-likeness (QED) is 0.295. The summed E-state index contributed by atoms with van der Waals surface area (Å²) in [7, 11) is -2.72. The number of carbonyl (C=O) groups is 1. The summed E-state index contributed by atoms with van der Waals surface area (Å²) >= 11 is 0. The maximum atomic E-state index is 10.8. The monoisotopic (exact) mass is 233 g/mol. The zero-order chi connectivity index (χ0) is 11.7. The smallest absolute Gasteiger partial charge is 0.313 e. The lowest BCUT2D eigenvalue weighted by molar-refractivity contribution is -0.140. The van der Waals surface area contributed by atoms with Gasteiger partial charge in [0.15, 0.2) is 0 Å². The van der Waals surface area contributed by atoms with Gasteiger partial charge in [0, 0.05) is 21.8 Å². The minimum Gasteiger partial charge on any atom is -0.481 e. The summed E-state index contributed by atoms with van der Waals surface area (Å²) in [6.45, 7) is 3.45. The molecule has 0 aliphatic carbocycles. The van der Waals surface area contributed by atoms with E-state index in [4.69, 9.17) is 10.6 Å². The summed E-state index contributed by atoms with van der Waals surface area (Å²) in [5.74, 6) is -1.51. The second-order valence-electron chi connectivity index (χ2n) is 3.47. The van der Waals surface area contributed by atoms with Gasteiger partial charge < -0.3 is 5.11 Å². The van der Waals surface area contributed by atoms with Crippen molar-refractivity contribution in [2.75, 3.05) is 11.5 Å². The van der Waals surface area contributed by atoms with Crippen LogP contribution in [0.1, 0.15) is 0 Å². The molecule has 1 fully saturated rings. The number of hydrogen-bond donors (Lipinski definition) is 3. The van der Waals surface area contributed by atoms with Crippen molar-refractivity contribution in [1.29, 1.82) is 0 Å². The maximum absolute atomic E-state index is 10.8. The molecule has 0 unspecified atom stereocenters. The van der Waals surface area contributed by atoms with Crippen molar-refractivity contribution < 1.29 is 19.0 Å². The molecule has 0 aromatic rings. The molecule has 1 atom stereocenters. The van der Waals surface area contributed by atoms with Crippen LogP contribution in [0.25, 0.3) is 10.4 Å². The van der Waals surface area contributed by atoms with Crippen molar-refractivity contribution in [1.82, 2.24) is 0 Å². The first-order valence-electron chi connectivity index (χ1n) is 4.01. The highest BCUT2D eigenvalue weighted by atomic mass is 32.3. The third-order valence-corrected chi connectivity index (χ3v) is 4.35. The van der Waals surface area contributed by atoms with Crippen LogP contribution in [0.3, 0.4) is 0 Å². The second-order valence-corrected chi connectivity index (χ2v) is 5.66. The molecular weight excluding hydrogens is 222 g/mol. The molecule has 0 amide bonds. The number of aliphatic carboxylic acids is 1. The normalized spacial score (nSPS) is 25.2. The van der Waals surface area contributed by atoms with Crippen LogP contribution < -0.4 is 0 Å². The van der Waals surface area contributed by atoms with Crippen molar-refractivity contribution in [3.63, 3.8) is 0 Å². The van der Waals surface area contributed by atoms with Gasteiger partial charge in [0.25, 0.3) is 0 Å². The van der Waals surface area contributed by atoms with Gasteiger partial charge in [-0.1, -0.05) is 11.2 Å². The molecule has 1 rings (SSSR count). The van der Waals surface area contributed by atoms with Crippen molar-refractivity contribution in [3.05, 3.63) is 23.1 Å². The molecule has 0 aromatic carbocycles. The van der Waals surface area contributed by atoms with Gasteiger partial charge in [-0.05, 0) is 5.53 Å². The zero-order valence-electron chi connectivity index (χ0n) is 7.78. The van der Waals surface area contributed by atoms with E-state index in [9.17, 15) is 13.9 Å². The number of carboxylic acids is 1. The van der Waals surface area contributed by atoms with E-state index < -0.39 is 28.0 Å². The number of azide groups is 1. The lowest BCUT2D eigenvalue weighted by atomic mass is 9.83. The van der Waals surface area contributed by atoms with Crippen LogP contribution in [-0.2, 0) is 4.79 Å². The van der Waals surface area contributed by atoms with Crippen LogP contribution in [0.2, 0.25) is 0 Å². The van der Waals surface area contributed by atoms with Gasteiger partial charge in [0.05, 0.1) is 0 Å². The Balaban J connectivity index is 2.96. The lowest BCUT2D eigenvalue weighted by Crippen LogP contribution is -2.53. The number of nitrogens with zero attached hydrogens (tertiary/aromatic N) is 3. The summed E-state index contributed by atoms with van der Waals surface area (Å²) in [6.07, 6.45) is 1.32. The topological polar surface area (TPSA) is 127 Å². The summed E-state index contributed by atoms with van der Waals surface area (Å²) in [5, 5.41) is 12.0. The van der Waals surface area contributed by atoms with Crippen LogP contribution in [-0.4, -0.2) is 37.7 Å². The Bertz CT molecular complexity index is 340. The van der Waals surface area contributed by atoms with Gasteiger partial charge >= 0.3 is 5.97 Å². The summed E-state index contributed by atoms with van der Waals surface area (Å²) in [5.41, 5.74) is 7.21. The van der Waals surface area contributed by atoms with E-state index in [0.717, 1.165) is 0 Å². The SMILES string of the molecule is C=CC1([C@H](N=[N+]=[N-])C(=O)O)CS(O)(O)C1. The predicted octanol–water partition coefficient (Wildman–Crippen LogP) is 1.69. The standard InChI is InChI=1S/C7H11N3O4S/c1-2-7(3-15(13,14)4-7)5(6(11)12)9-10-8/h2,5,13-14H,1,3-4H2,(H,11,12)/t5-/m1/s1. The van der Waals surface area contributed by atoms with E-state index in [2.05, 4.69) is 16.6 Å². The second kappa shape index (κ2) is 3.74. The summed E-state index contributed by atoms with van der Waals surface area (Å²) in [4.78, 5) is 13.3. The molecule has 8 heteroatoms. The van der Waals surface area contributed by atoms with Crippen LogP contribution in [0, 0.1) is 5.41 Å². The Hall–Kier alpha value is -1.21. The van der Waals surface area contributed by atoms with Gasteiger partial charge in [-0.15, -0.1) is 6.58 Å². The fraction of sp³-hybridized carbons (Fsp3) is 0.571. The molecule has 84 valence electrons. The Morgan fingerprint density at radius 1 is 1.67 bits per heavy atom. The molecule has 1 aliphatic heterocycles. The van der Waals surface area contributed by atoms with E-state index in [1.54, 1.807) is 0 Å². The van der Waals surface area contributed by atoms with E-state index in [-0.39, 0.29) is 11.5 Å². The highest BCUT2D eigenvalue weighted by Crippen LogP contribution is 2.61. The molecule has 15 heavy (non-hydrogen) atoms. The van der Waals surface area contributed by atoms with E-state index in [1.165, 1.54) is 6.08 Å². The number of carboxylic acid groups (broad SMARTS) is 1. The fourth-order valence-corrected chi connectivity index (χ4v) is 3.86. The molecule has 0 aromatic heterocycles. The molecule has 1 aliphatic rings. The Morgan fingerprint density at radius 2 is 2.20 bits per heavy atom. The van der Waals surface area contributed by atoms with Crippen molar-refractivity contribution in [2.45, 2.75) is 6.04 Å². The summed E-state index contributed by atoms with van der Waals surface area (Å²) in [6, 6.07) is -1.33.